The van der Waals surface area contributed by atoms with Gasteiger partial charge in [0.2, 0.25) is 0 Å². The molecule has 1 aromatic carbocycles. The number of aliphatic hydroxyl groups is 2. The molecule has 0 bridgehead atoms. The van der Waals surface area contributed by atoms with Crippen LogP contribution in [0.25, 0.3) is 23.2 Å². The van der Waals surface area contributed by atoms with Crippen LogP contribution in [0.3, 0.4) is 0 Å². The first-order valence-corrected chi connectivity index (χ1v) is 10.3. The number of benzene rings is 1. The fourth-order valence-corrected chi connectivity index (χ4v) is 3.42. The minimum atomic E-state index is -1.16. The van der Waals surface area contributed by atoms with E-state index in [9.17, 15) is 19.4 Å². The highest BCUT2D eigenvalue weighted by molar-refractivity contribution is 5.76. The van der Waals surface area contributed by atoms with Gasteiger partial charge in [-0.2, -0.15) is 5.10 Å². The molecule has 0 fully saturated rings. The maximum Gasteiger partial charge on any atom is 0.305 e. The summed E-state index contributed by atoms with van der Waals surface area (Å²) in [6.07, 6.45) is 2.10. The van der Waals surface area contributed by atoms with Gasteiger partial charge >= 0.3 is 5.97 Å². The Balaban J connectivity index is 2.08. The van der Waals surface area contributed by atoms with Gasteiger partial charge in [-0.3, -0.25) is 4.79 Å². The molecule has 2 atom stereocenters. The molecule has 168 valence electrons. The number of hydrogen-bond donors (Lipinski definition) is 3. The number of carboxylic acid groups (broad SMARTS) is 1. The van der Waals surface area contributed by atoms with Crippen LogP contribution in [0.2, 0.25) is 0 Å². The third-order valence-electron chi connectivity index (χ3n) is 4.89. The number of halogens is 1. The number of rotatable bonds is 9. The largest absolute Gasteiger partial charge is 0.481 e. The van der Waals surface area contributed by atoms with Crippen LogP contribution < -0.4 is 0 Å². The molecule has 8 heteroatoms. The van der Waals surface area contributed by atoms with Crippen molar-refractivity contribution < 1.29 is 24.5 Å². The van der Waals surface area contributed by atoms with E-state index in [1.165, 1.54) is 18.2 Å². The van der Waals surface area contributed by atoms with Crippen molar-refractivity contribution in [1.82, 2.24) is 14.8 Å². The van der Waals surface area contributed by atoms with Crippen molar-refractivity contribution >= 4 is 12.0 Å². The molecule has 0 aliphatic carbocycles. The first-order valence-electron chi connectivity index (χ1n) is 10.3. The van der Waals surface area contributed by atoms with E-state index in [1.54, 1.807) is 35.2 Å². The molecule has 0 radical (unpaired) electrons. The molecular formula is C24H26FN3O4. The van der Waals surface area contributed by atoms with E-state index in [-0.39, 0.29) is 18.2 Å². The topological polar surface area (TPSA) is 108 Å². The van der Waals surface area contributed by atoms with E-state index >= 15 is 0 Å². The Hall–Kier alpha value is -3.36. The highest BCUT2D eigenvalue weighted by atomic mass is 19.1. The number of hydrogen-bond acceptors (Lipinski definition) is 5. The molecule has 7 nitrogen and oxygen atoms in total. The normalized spacial score (nSPS) is 13.6. The molecule has 0 spiro atoms. The summed E-state index contributed by atoms with van der Waals surface area (Å²) in [5.41, 5.74) is 2.88. The summed E-state index contributed by atoms with van der Waals surface area (Å²) in [7, 11) is 0. The number of nitrogens with zero attached hydrogens (tertiary/aromatic N) is 3. The van der Waals surface area contributed by atoms with Crippen LogP contribution in [-0.4, -0.2) is 48.3 Å². The molecule has 2 aromatic heterocycles. The Morgan fingerprint density at radius 1 is 1.16 bits per heavy atom. The number of aromatic nitrogens is 3. The molecule has 0 aliphatic rings. The standard InChI is InChI=1S/C24H26FN3O4/c1-15(2)23-20(11-10-18(29)13-19(30)14-22(31)32)24(16-6-8-17(25)9-7-16)28(27-23)21-5-3-4-12-26-21/h3-12,15,18-19,29-30H,13-14H2,1-2H3,(H,31,32)/b11-10+/t18-,19-/m1/s1. The molecule has 0 saturated carbocycles. The summed E-state index contributed by atoms with van der Waals surface area (Å²) in [4.78, 5) is 15.1. The lowest BCUT2D eigenvalue weighted by molar-refractivity contribution is -0.139. The van der Waals surface area contributed by atoms with Gasteiger partial charge in [0.25, 0.3) is 0 Å². The number of carbonyl (C=O) groups is 1. The molecule has 3 aromatic rings. The molecule has 0 aliphatic heterocycles. The van der Waals surface area contributed by atoms with E-state index < -0.39 is 24.6 Å². The zero-order valence-corrected chi connectivity index (χ0v) is 17.9. The Morgan fingerprint density at radius 3 is 2.47 bits per heavy atom. The lowest BCUT2D eigenvalue weighted by Crippen LogP contribution is -2.19. The first kappa shape index (κ1) is 23.3. The summed E-state index contributed by atoms with van der Waals surface area (Å²) in [6.45, 7) is 3.98. The minimum Gasteiger partial charge on any atom is -0.481 e. The van der Waals surface area contributed by atoms with E-state index in [2.05, 4.69) is 4.98 Å². The second-order valence-electron chi connectivity index (χ2n) is 7.82. The molecule has 0 amide bonds. The van der Waals surface area contributed by atoms with Gasteiger partial charge in [-0.25, -0.2) is 14.1 Å². The first-order chi connectivity index (χ1) is 15.3. The van der Waals surface area contributed by atoms with Crippen LogP contribution in [0.4, 0.5) is 4.39 Å². The fourth-order valence-electron chi connectivity index (χ4n) is 3.42. The third kappa shape index (κ3) is 5.66. The monoisotopic (exact) mass is 439 g/mol. The van der Waals surface area contributed by atoms with E-state index in [1.807, 2.05) is 26.0 Å². The van der Waals surface area contributed by atoms with Crippen molar-refractivity contribution in [3.05, 3.63) is 71.8 Å². The van der Waals surface area contributed by atoms with Gasteiger partial charge in [-0.05, 0) is 42.3 Å². The van der Waals surface area contributed by atoms with E-state index in [0.29, 0.717) is 11.5 Å². The van der Waals surface area contributed by atoms with Gasteiger partial charge < -0.3 is 15.3 Å². The van der Waals surface area contributed by atoms with Gasteiger partial charge in [0.1, 0.15) is 5.82 Å². The summed E-state index contributed by atoms with van der Waals surface area (Å²) in [6, 6.07) is 11.5. The fraction of sp³-hybridized carbons (Fsp3) is 0.292. The molecule has 0 unspecified atom stereocenters. The molecular weight excluding hydrogens is 413 g/mol. The van der Waals surface area contributed by atoms with Crippen LogP contribution in [0.5, 0.6) is 0 Å². The van der Waals surface area contributed by atoms with Crippen LogP contribution in [0, 0.1) is 5.82 Å². The minimum absolute atomic E-state index is 0.0357. The SMILES string of the molecule is CC(C)c1nn(-c2ccccn2)c(-c2ccc(F)cc2)c1/C=C/[C@@H](O)C[C@@H](O)CC(=O)O. The van der Waals surface area contributed by atoms with Crippen molar-refractivity contribution in [3.8, 4) is 17.1 Å². The van der Waals surface area contributed by atoms with Crippen molar-refractivity contribution in [2.24, 2.45) is 0 Å². The summed E-state index contributed by atoms with van der Waals surface area (Å²) < 4.78 is 15.3. The number of carboxylic acids is 1. The predicted molar refractivity (Wildman–Crippen MR) is 119 cm³/mol. The Labute approximate surface area is 185 Å². The zero-order chi connectivity index (χ0) is 23.3. The van der Waals surface area contributed by atoms with Gasteiger partial charge in [0.15, 0.2) is 5.82 Å². The van der Waals surface area contributed by atoms with Gasteiger partial charge in [-0.15, -0.1) is 0 Å². The van der Waals surface area contributed by atoms with Crippen molar-refractivity contribution in [2.75, 3.05) is 0 Å². The van der Waals surface area contributed by atoms with Crippen LogP contribution in [0.15, 0.2) is 54.7 Å². The quantitative estimate of drug-likeness (QED) is 0.468. The van der Waals surface area contributed by atoms with Gasteiger partial charge in [-0.1, -0.05) is 32.1 Å². The summed E-state index contributed by atoms with van der Waals surface area (Å²) in [5.74, 6) is -0.868. The lowest BCUT2D eigenvalue weighted by Gasteiger charge is -2.11. The van der Waals surface area contributed by atoms with Crippen molar-refractivity contribution in [2.45, 2.75) is 44.8 Å². The van der Waals surface area contributed by atoms with E-state index in [4.69, 9.17) is 10.2 Å². The van der Waals surface area contributed by atoms with Crippen LogP contribution >= 0.6 is 0 Å². The Kier molecular flexibility index (Phi) is 7.50. The average Bonchev–Trinajstić information content (AvgIpc) is 3.12. The van der Waals surface area contributed by atoms with Crippen molar-refractivity contribution in [3.63, 3.8) is 0 Å². The zero-order valence-electron chi connectivity index (χ0n) is 17.9. The van der Waals surface area contributed by atoms with E-state index in [0.717, 1.165) is 16.8 Å². The molecule has 3 N–H and O–H groups in total. The molecule has 0 saturated heterocycles. The predicted octanol–water partition coefficient (Wildman–Crippen LogP) is 3.80. The molecule has 3 rings (SSSR count). The summed E-state index contributed by atoms with van der Waals surface area (Å²) in [5, 5.41) is 33.7. The second-order valence-corrected chi connectivity index (χ2v) is 7.82. The molecule has 2 heterocycles. The van der Waals surface area contributed by atoms with Crippen LogP contribution in [-0.2, 0) is 4.79 Å². The lowest BCUT2D eigenvalue weighted by atomic mass is 9.98. The molecule has 32 heavy (non-hydrogen) atoms. The highest BCUT2D eigenvalue weighted by Gasteiger charge is 2.22. The van der Waals surface area contributed by atoms with Gasteiger partial charge in [0.05, 0.1) is 30.0 Å². The van der Waals surface area contributed by atoms with Gasteiger partial charge in [0, 0.05) is 23.7 Å². The Bertz CT molecular complexity index is 1080. The average molecular weight is 439 g/mol. The smallest absolute Gasteiger partial charge is 0.305 e. The number of aliphatic hydroxyl groups excluding tert-OH is 2. The van der Waals surface area contributed by atoms with Crippen LogP contribution in [0.1, 0.15) is 43.9 Å². The Morgan fingerprint density at radius 2 is 1.88 bits per heavy atom. The maximum atomic E-state index is 13.6. The maximum absolute atomic E-state index is 13.6. The van der Waals surface area contributed by atoms with Crippen molar-refractivity contribution in [1.29, 1.82) is 0 Å². The highest BCUT2D eigenvalue weighted by Crippen LogP contribution is 2.33. The number of pyridine rings is 1. The third-order valence-corrected chi connectivity index (χ3v) is 4.89. The summed E-state index contributed by atoms with van der Waals surface area (Å²) >= 11 is 0. The number of aliphatic carboxylic acids is 1. The second kappa shape index (κ2) is 10.3.